The maximum Gasteiger partial charge on any atom is 0.126 e. The van der Waals surface area contributed by atoms with E-state index in [1.54, 1.807) is 6.07 Å². The van der Waals surface area contributed by atoms with Gasteiger partial charge in [0.15, 0.2) is 0 Å². The van der Waals surface area contributed by atoms with Crippen LogP contribution in [0.4, 0.5) is 4.39 Å². The molecule has 0 aromatic heterocycles. The van der Waals surface area contributed by atoms with Crippen LogP contribution in [0.5, 0.6) is 0 Å². The van der Waals surface area contributed by atoms with E-state index in [9.17, 15) is 4.39 Å². The average molecular weight is 179 g/mol. The molecule has 1 N–H and O–H groups in total. The molecule has 0 saturated carbocycles. The molecule has 0 spiro atoms. The highest BCUT2D eigenvalue weighted by molar-refractivity contribution is 5.27. The quantitative estimate of drug-likeness (QED) is 0.731. The molecule has 1 nitrogen and oxygen atoms in total. The Labute approximate surface area is 78.0 Å². The Morgan fingerprint density at radius 2 is 2.23 bits per heavy atom. The van der Waals surface area contributed by atoms with Gasteiger partial charge in [-0.25, -0.2) is 4.39 Å². The molecule has 0 radical (unpaired) electrons. The molecule has 1 heterocycles. The predicted molar refractivity (Wildman–Crippen MR) is 51.2 cm³/mol. The van der Waals surface area contributed by atoms with E-state index in [1.165, 1.54) is 6.07 Å². The van der Waals surface area contributed by atoms with Crippen molar-refractivity contribution in [3.63, 3.8) is 0 Å². The molecule has 1 aromatic carbocycles. The van der Waals surface area contributed by atoms with Crippen LogP contribution in [0.2, 0.25) is 0 Å². The van der Waals surface area contributed by atoms with Gasteiger partial charge in [0.2, 0.25) is 0 Å². The van der Waals surface area contributed by atoms with Gasteiger partial charge in [-0.15, -0.1) is 0 Å². The molecule has 1 aliphatic rings. The summed E-state index contributed by atoms with van der Waals surface area (Å²) in [6.45, 7) is 4.02. The van der Waals surface area contributed by atoms with Crippen molar-refractivity contribution in [1.29, 1.82) is 0 Å². The van der Waals surface area contributed by atoms with Gasteiger partial charge in [-0.2, -0.15) is 0 Å². The Bertz CT molecular complexity index is 305. The largest absolute Gasteiger partial charge is 0.316 e. The fourth-order valence-electron chi connectivity index (χ4n) is 1.68. The summed E-state index contributed by atoms with van der Waals surface area (Å²) >= 11 is 0. The summed E-state index contributed by atoms with van der Waals surface area (Å²) in [4.78, 5) is 0. The van der Waals surface area contributed by atoms with E-state index >= 15 is 0 Å². The molecule has 2 heteroatoms. The van der Waals surface area contributed by atoms with Gasteiger partial charge in [0.1, 0.15) is 5.82 Å². The van der Waals surface area contributed by atoms with E-state index in [0.29, 0.717) is 5.92 Å². The van der Waals surface area contributed by atoms with Crippen LogP contribution in [0, 0.1) is 18.7 Å². The molecule has 0 unspecified atom stereocenters. The summed E-state index contributed by atoms with van der Waals surface area (Å²) in [5, 5.41) is 3.22. The van der Waals surface area contributed by atoms with Crippen LogP contribution in [-0.4, -0.2) is 13.1 Å². The molecule has 1 aromatic rings. The van der Waals surface area contributed by atoms with Crippen molar-refractivity contribution >= 4 is 0 Å². The highest BCUT2D eigenvalue weighted by Crippen LogP contribution is 2.18. The van der Waals surface area contributed by atoms with Crippen LogP contribution in [0.1, 0.15) is 11.1 Å². The third-order valence-corrected chi connectivity index (χ3v) is 2.75. The first-order valence-electron chi connectivity index (χ1n) is 4.72. The SMILES string of the molecule is Cc1c(F)cccc1CC1CNC1. The molecule has 0 amide bonds. The topological polar surface area (TPSA) is 12.0 Å². The summed E-state index contributed by atoms with van der Waals surface area (Å²) < 4.78 is 13.1. The second kappa shape index (κ2) is 3.46. The van der Waals surface area contributed by atoms with E-state index in [2.05, 4.69) is 5.32 Å². The summed E-state index contributed by atoms with van der Waals surface area (Å²) in [7, 11) is 0. The molecular formula is C11H14FN. The average Bonchev–Trinajstić information content (AvgIpc) is 2.04. The van der Waals surface area contributed by atoms with Crippen LogP contribution in [0.3, 0.4) is 0 Å². The highest BCUT2D eigenvalue weighted by Gasteiger charge is 2.18. The normalized spacial score (nSPS) is 17.1. The smallest absolute Gasteiger partial charge is 0.126 e. The van der Waals surface area contributed by atoms with E-state index < -0.39 is 0 Å². The Hall–Kier alpha value is -0.890. The summed E-state index contributed by atoms with van der Waals surface area (Å²) in [5.74, 6) is 0.630. The van der Waals surface area contributed by atoms with Gasteiger partial charge in [0.25, 0.3) is 0 Å². The lowest BCUT2D eigenvalue weighted by Crippen LogP contribution is -2.43. The van der Waals surface area contributed by atoms with Crippen LogP contribution < -0.4 is 5.32 Å². The molecule has 13 heavy (non-hydrogen) atoms. The zero-order chi connectivity index (χ0) is 9.26. The molecule has 0 aliphatic carbocycles. The molecule has 70 valence electrons. The van der Waals surface area contributed by atoms with Gasteiger partial charge in [-0.3, -0.25) is 0 Å². The number of rotatable bonds is 2. The Morgan fingerprint density at radius 1 is 1.46 bits per heavy atom. The van der Waals surface area contributed by atoms with E-state index in [4.69, 9.17) is 0 Å². The van der Waals surface area contributed by atoms with Gasteiger partial charge in [-0.05, 0) is 49.5 Å². The van der Waals surface area contributed by atoms with Crippen molar-refractivity contribution in [1.82, 2.24) is 5.32 Å². The monoisotopic (exact) mass is 179 g/mol. The second-order valence-corrected chi connectivity index (χ2v) is 3.75. The van der Waals surface area contributed by atoms with Crippen molar-refractivity contribution < 1.29 is 4.39 Å². The number of nitrogens with one attached hydrogen (secondary N) is 1. The first-order valence-corrected chi connectivity index (χ1v) is 4.72. The first kappa shape index (κ1) is 8.70. The van der Waals surface area contributed by atoms with Crippen LogP contribution in [-0.2, 0) is 6.42 Å². The molecular weight excluding hydrogens is 165 g/mol. The zero-order valence-corrected chi connectivity index (χ0v) is 7.81. The standard InChI is InChI=1S/C11H14FN/c1-8-10(3-2-4-11(8)12)5-9-6-13-7-9/h2-4,9,13H,5-7H2,1H3. The van der Waals surface area contributed by atoms with Gasteiger partial charge < -0.3 is 5.32 Å². The Morgan fingerprint density at radius 3 is 2.85 bits per heavy atom. The fraction of sp³-hybridized carbons (Fsp3) is 0.455. The Kier molecular flexibility index (Phi) is 2.32. The van der Waals surface area contributed by atoms with E-state index in [1.807, 2.05) is 13.0 Å². The van der Waals surface area contributed by atoms with Gasteiger partial charge in [0, 0.05) is 0 Å². The maximum absolute atomic E-state index is 13.1. The van der Waals surface area contributed by atoms with Crippen molar-refractivity contribution in [2.75, 3.05) is 13.1 Å². The number of benzene rings is 1. The van der Waals surface area contributed by atoms with Crippen molar-refractivity contribution in [3.05, 3.63) is 35.1 Å². The lowest BCUT2D eigenvalue weighted by Gasteiger charge is -2.27. The minimum atomic E-state index is -0.0789. The van der Waals surface area contributed by atoms with E-state index in [0.717, 1.165) is 30.6 Å². The number of halogens is 1. The highest BCUT2D eigenvalue weighted by atomic mass is 19.1. The van der Waals surface area contributed by atoms with Crippen LogP contribution in [0.15, 0.2) is 18.2 Å². The fourth-order valence-corrected chi connectivity index (χ4v) is 1.68. The first-order chi connectivity index (χ1) is 6.27. The minimum absolute atomic E-state index is 0.0789. The third kappa shape index (κ3) is 1.73. The Balaban J connectivity index is 2.14. The van der Waals surface area contributed by atoms with Gasteiger partial charge in [0.05, 0.1) is 0 Å². The molecule has 0 atom stereocenters. The number of hydrogen-bond donors (Lipinski definition) is 1. The lowest BCUT2D eigenvalue weighted by molar-refractivity contribution is 0.345. The molecule has 1 aliphatic heterocycles. The van der Waals surface area contributed by atoms with Crippen molar-refractivity contribution in [2.24, 2.45) is 5.92 Å². The number of hydrogen-bond acceptors (Lipinski definition) is 1. The predicted octanol–water partition coefficient (Wildman–Crippen LogP) is 1.90. The molecule has 1 fully saturated rings. The molecule has 0 bridgehead atoms. The lowest BCUT2D eigenvalue weighted by atomic mass is 9.92. The third-order valence-electron chi connectivity index (χ3n) is 2.75. The van der Waals surface area contributed by atoms with Crippen molar-refractivity contribution in [2.45, 2.75) is 13.3 Å². The summed E-state index contributed by atoms with van der Waals surface area (Å²) in [6.07, 6.45) is 1.01. The van der Waals surface area contributed by atoms with Gasteiger partial charge in [-0.1, -0.05) is 12.1 Å². The van der Waals surface area contributed by atoms with E-state index in [-0.39, 0.29) is 5.82 Å². The van der Waals surface area contributed by atoms with Crippen molar-refractivity contribution in [3.8, 4) is 0 Å². The molecule has 1 saturated heterocycles. The minimum Gasteiger partial charge on any atom is -0.316 e. The summed E-state index contributed by atoms with van der Waals surface area (Å²) in [6, 6.07) is 5.35. The van der Waals surface area contributed by atoms with Gasteiger partial charge >= 0.3 is 0 Å². The summed E-state index contributed by atoms with van der Waals surface area (Å²) in [5.41, 5.74) is 1.97. The van der Waals surface area contributed by atoms with Crippen LogP contribution >= 0.6 is 0 Å². The molecule has 2 rings (SSSR count). The maximum atomic E-state index is 13.1. The zero-order valence-electron chi connectivity index (χ0n) is 7.81. The second-order valence-electron chi connectivity index (χ2n) is 3.75. The van der Waals surface area contributed by atoms with Crippen LogP contribution in [0.25, 0.3) is 0 Å².